The van der Waals surface area contributed by atoms with Crippen molar-refractivity contribution in [3.8, 4) is 11.4 Å². The fraction of sp³-hybridized carbons (Fsp3) is 0.375. The normalized spacial score (nSPS) is 15.8. The number of rotatable bonds is 7. The van der Waals surface area contributed by atoms with Crippen molar-refractivity contribution in [2.45, 2.75) is 37.2 Å². The summed E-state index contributed by atoms with van der Waals surface area (Å²) in [6.45, 7) is 3.66. The Kier molecular flexibility index (Phi) is 6.84. The number of thioether (sulfide) groups is 1. The van der Waals surface area contributed by atoms with Crippen molar-refractivity contribution in [3.63, 3.8) is 0 Å². The molecule has 0 spiro atoms. The van der Waals surface area contributed by atoms with E-state index >= 15 is 0 Å². The fourth-order valence-corrected chi connectivity index (χ4v) is 4.65. The van der Waals surface area contributed by atoms with Crippen molar-refractivity contribution >= 4 is 17.7 Å². The van der Waals surface area contributed by atoms with Crippen molar-refractivity contribution in [2.75, 3.05) is 13.1 Å². The van der Waals surface area contributed by atoms with Crippen LogP contribution in [0.3, 0.4) is 0 Å². The predicted molar refractivity (Wildman–Crippen MR) is 120 cm³/mol. The molecule has 0 radical (unpaired) electrons. The van der Waals surface area contributed by atoms with Gasteiger partial charge in [0.15, 0.2) is 0 Å². The van der Waals surface area contributed by atoms with Crippen LogP contribution in [0.4, 0.5) is 0 Å². The van der Waals surface area contributed by atoms with Gasteiger partial charge in [-0.15, -0.1) is 11.8 Å². The van der Waals surface area contributed by atoms with Crippen LogP contribution in [0, 0.1) is 5.92 Å². The standard InChI is InChI=1S/C24H27N3O2S/c1-18(30-17-22-25-23(26-29-22)21-10-6-3-7-11-21)24(28)27-14-12-20(13-15-27)16-19-8-4-2-5-9-19/h2-11,18,20H,12-17H2,1H3. The minimum absolute atomic E-state index is 0.122. The predicted octanol–water partition coefficient (Wildman–Crippen LogP) is 4.84. The van der Waals surface area contributed by atoms with Crippen LogP contribution >= 0.6 is 11.8 Å². The van der Waals surface area contributed by atoms with E-state index in [2.05, 4.69) is 40.5 Å². The number of amides is 1. The zero-order valence-electron chi connectivity index (χ0n) is 17.2. The van der Waals surface area contributed by atoms with Gasteiger partial charge in [-0.3, -0.25) is 4.79 Å². The third kappa shape index (κ3) is 5.30. The lowest BCUT2D eigenvalue weighted by molar-refractivity contribution is -0.131. The molecule has 2 heterocycles. The summed E-state index contributed by atoms with van der Waals surface area (Å²) in [6.07, 6.45) is 3.25. The maximum Gasteiger partial charge on any atom is 0.236 e. The highest BCUT2D eigenvalue weighted by molar-refractivity contribution is 7.99. The maximum absolute atomic E-state index is 12.8. The Labute approximate surface area is 181 Å². The molecule has 1 unspecified atom stereocenters. The lowest BCUT2D eigenvalue weighted by Gasteiger charge is -2.33. The average molecular weight is 422 g/mol. The Morgan fingerprint density at radius 1 is 1.10 bits per heavy atom. The molecule has 30 heavy (non-hydrogen) atoms. The van der Waals surface area contributed by atoms with Gasteiger partial charge in [-0.2, -0.15) is 4.98 Å². The zero-order chi connectivity index (χ0) is 20.8. The van der Waals surface area contributed by atoms with Crippen molar-refractivity contribution in [2.24, 2.45) is 5.92 Å². The number of likely N-dealkylation sites (tertiary alicyclic amines) is 1. The Balaban J connectivity index is 1.23. The SMILES string of the molecule is CC(SCc1nc(-c2ccccc2)no1)C(=O)N1CCC(Cc2ccccc2)CC1. The summed E-state index contributed by atoms with van der Waals surface area (Å²) in [6, 6.07) is 20.4. The van der Waals surface area contributed by atoms with Crippen LogP contribution < -0.4 is 0 Å². The number of hydrogen-bond donors (Lipinski definition) is 0. The highest BCUT2D eigenvalue weighted by Gasteiger charge is 2.26. The van der Waals surface area contributed by atoms with E-state index in [4.69, 9.17) is 4.52 Å². The van der Waals surface area contributed by atoms with Gasteiger partial charge in [-0.05, 0) is 37.7 Å². The molecule has 2 aromatic carbocycles. The van der Waals surface area contributed by atoms with Crippen LogP contribution in [0.15, 0.2) is 65.2 Å². The van der Waals surface area contributed by atoms with E-state index in [-0.39, 0.29) is 11.2 Å². The molecule has 1 fully saturated rings. The molecule has 0 N–H and O–H groups in total. The van der Waals surface area contributed by atoms with Gasteiger partial charge < -0.3 is 9.42 Å². The van der Waals surface area contributed by atoms with E-state index in [1.54, 1.807) is 11.8 Å². The van der Waals surface area contributed by atoms with Crippen LogP contribution in [0.25, 0.3) is 11.4 Å². The first-order valence-corrected chi connectivity index (χ1v) is 11.6. The van der Waals surface area contributed by atoms with Crippen LogP contribution in [0.1, 0.15) is 31.2 Å². The maximum atomic E-state index is 12.8. The molecule has 1 atom stereocenters. The highest BCUT2D eigenvalue weighted by atomic mass is 32.2. The third-order valence-corrected chi connectivity index (χ3v) is 6.71. The van der Waals surface area contributed by atoms with Gasteiger partial charge in [-0.25, -0.2) is 0 Å². The van der Waals surface area contributed by atoms with Gasteiger partial charge in [0, 0.05) is 18.7 Å². The largest absolute Gasteiger partial charge is 0.342 e. The van der Waals surface area contributed by atoms with E-state index in [1.807, 2.05) is 42.2 Å². The molecule has 0 aliphatic carbocycles. The van der Waals surface area contributed by atoms with Crippen LogP contribution in [-0.2, 0) is 17.0 Å². The summed E-state index contributed by atoms with van der Waals surface area (Å²) in [7, 11) is 0. The Morgan fingerprint density at radius 2 is 1.77 bits per heavy atom. The van der Waals surface area contributed by atoms with Crippen molar-refractivity contribution < 1.29 is 9.32 Å². The topological polar surface area (TPSA) is 59.2 Å². The van der Waals surface area contributed by atoms with Gasteiger partial charge in [0.2, 0.25) is 17.6 Å². The molecular weight excluding hydrogens is 394 g/mol. The van der Waals surface area contributed by atoms with E-state index in [1.165, 1.54) is 5.56 Å². The summed E-state index contributed by atoms with van der Waals surface area (Å²) in [5.74, 6) is 2.55. The number of piperidine rings is 1. The quantitative estimate of drug-likeness (QED) is 0.546. The lowest BCUT2D eigenvalue weighted by atomic mass is 9.90. The monoisotopic (exact) mass is 421 g/mol. The molecule has 1 saturated heterocycles. The van der Waals surface area contributed by atoms with Crippen molar-refractivity contribution in [1.82, 2.24) is 15.0 Å². The number of aromatic nitrogens is 2. The number of carbonyl (C=O) groups is 1. The number of carbonyl (C=O) groups excluding carboxylic acids is 1. The first-order valence-electron chi connectivity index (χ1n) is 10.5. The minimum Gasteiger partial charge on any atom is -0.342 e. The molecule has 0 bridgehead atoms. The second-order valence-electron chi connectivity index (χ2n) is 7.79. The molecule has 1 aromatic heterocycles. The molecule has 4 rings (SSSR count). The summed E-state index contributed by atoms with van der Waals surface area (Å²) in [5, 5.41) is 3.92. The first kappa shape index (κ1) is 20.7. The Bertz CT molecular complexity index is 937. The van der Waals surface area contributed by atoms with E-state index in [9.17, 15) is 4.79 Å². The van der Waals surface area contributed by atoms with Crippen LogP contribution in [-0.4, -0.2) is 39.3 Å². The average Bonchev–Trinajstić information content (AvgIpc) is 3.28. The van der Waals surface area contributed by atoms with Crippen LogP contribution in [0.2, 0.25) is 0 Å². The Hall–Kier alpha value is -2.60. The Morgan fingerprint density at radius 3 is 2.47 bits per heavy atom. The molecule has 6 heteroatoms. The summed E-state index contributed by atoms with van der Waals surface area (Å²) in [4.78, 5) is 19.3. The summed E-state index contributed by atoms with van der Waals surface area (Å²) in [5.41, 5.74) is 2.32. The second-order valence-corrected chi connectivity index (χ2v) is 9.12. The van der Waals surface area contributed by atoms with E-state index in [0.717, 1.165) is 37.9 Å². The molecular formula is C24H27N3O2S. The van der Waals surface area contributed by atoms with Gasteiger partial charge >= 0.3 is 0 Å². The van der Waals surface area contributed by atoms with Crippen LogP contribution in [0.5, 0.6) is 0 Å². The number of benzene rings is 2. The fourth-order valence-electron chi connectivity index (χ4n) is 3.85. The van der Waals surface area contributed by atoms with Crippen molar-refractivity contribution in [3.05, 3.63) is 72.1 Å². The molecule has 5 nitrogen and oxygen atoms in total. The lowest BCUT2D eigenvalue weighted by Crippen LogP contribution is -2.42. The molecule has 1 aliphatic rings. The van der Waals surface area contributed by atoms with E-state index in [0.29, 0.717) is 23.4 Å². The first-order chi connectivity index (χ1) is 14.7. The third-order valence-electron chi connectivity index (χ3n) is 5.60. The van der Waals surface area contributed by atoms with Gasteiger partial charge in [0.05, 0.1) is 11.0 Å². The number of nitrogens with zero attached hydrogens (tertiary/aromatic N) is 3. The van der Waals surface area contributed by atoms with Gasteiger partial charge in [0.25, 0.3) is 0 Å². The summed E-state index contributed by atoms with van der Waals surface area (Å²) >= 11 is 1.56. The van der Waals surface area contributed by atoms with Gasteiger partial charge in [0.1, 0.15) is 0 Å². The molecule has 0 saturated carbocycles. The molecule has 1 amide bonds. The minimum atomic E-state index is -0.122. The summed E-state index contributed by atoms with van der Waals surface area (Å²) < 4.78 is 5.36. The zero-order valence-corrected chi connectivity index (χ0v) is 18.1. The van der Waals surface area contributed by atoms with Gasteiger partial charge in [-0.1, -0.05) is 65.8 Å². The highest BCUT2D eigenvalue weighted by Crippen LogP contribution is 2.25. The molecule has 1 aliphatic heterocycles. The smallest absolute Gasteiger partial charge is 0.236 e. The molecule has 156 valence electrons. The second kappa shape index (κ2) is 9.94. The molecule has 3 aromatic rings. The van der Waals surface area contributed by atoms with E-state index < -0.39 is 0 Å². The van der Waals surface area contributed by atoms with Crippen molar-refractivity contribution in [1.29, 1.82) is 0 Å². The number of hydrogen-bond acceptors (Lipinski definition) is 5.